The van der Waals surface area contributed by atoms with Crippen molar-refractivity contribution in [3.8, 4) is 0 Å². The Balaban J connectivity index is 4.29. The van der Waals surface area contributed by atoms with E-state index < -0.39 is 6.10 Å². The minimum Gasteiger partial charge on any atom is -0.462 e. The lowest BCUT2D eigenvalue weighted by Crippen LogP contribution is -2.30. The second-order valence-electron chi connectivity index (χ2n) is 18.8. The van der Waals surface area contributed by atoms with Crippen LogP contribution in [0.2, 0.25) is 0 Å². The zero-order chi connectivity index (χ0) is 49.2. The number of hydrogen-bond donors (Lipinski definition) is 0. The number of carbonyl (C=O) groups is 2. The fraction of sp³-hybridized carbons (Fsp3) is 0.714. The molecule has 0 N–H and O–H groups in total. The minimum absolute atomic E-state index is 0.0668. The molecule has 0 bridgehead atoms. The molecule has 0 rings (SSSR count). The predicted octanol–water partition coefficient (Wildman–Crippen LogP) is 19.8. The Morgan fingerprint density at radius 2 is 0.691 bits per heavy atom. The molecule has 0 aliphatic rings. The van der Waals surface area contributed by atoms with Crippen LogP contribution in [0, 0.1) is 0 Å². The van der Waals surface area contributed by atoms with Gasteiger partial charge in [0.1, 0.15) is 6.61 Å². The maximum Gasteiger partial charge on any atom is 0.306 e. The highest BCUT2D eigenvalue weighted by molar-refractivity contribution is 5.70. The molecule has 0 fully saturated rings. The summed E-state index contributed by atoms with van der Waals surface area (Å²) in [6.07, 6.45) is 78.5. The summed E-state index contributed by atoms with van der Waals surface area (Å²) in [5.74, 6) is -0.429. The van der Waals surface area contributed by atoms with Crippen molar-refractivity contribution in [3.63, 3.8) is 0 Å². The van der Waals surface area contributed by atoms with Gasteiger partial charge in [0.25, 0.3) is 0 Å². The smallest absolute Gasteiger partial charge is 0.306 e. The van der Waals surface area contributed by atoms with Crippen LogP contribution in [0.15, 0.2) is 97.2 Å². The van der Waals surface area contributed by atoms with E-state index in [1.165, 1.54) is 122 Å². The molecule has 5 heteroatoms. The summed E-state index contributed by atoms with van der Waals surface area (Å²) in [4.78, 5) is 25.5. The van der Waals surface area contributed by atoms with E-state index in [2.05, 4.69) is 118 Å². The van der Waals surface area contributed by atoms with Gasteiger partial charge in [-0.1, -0.05) is 234 Å². The van der Waals surface area contributed by atoms with Crippen molar-refractivity contribution in [2.75, 3.05) is 19.8 Å². The first kappa shape index (κ1) is 64.8. The Morgan fingerprint density at radius 1 is 0.338 bits per heavy atom. The predicted molar refractivity (Wildman–Crippen MR) is 297 cm³/mol. The van der Waals surface area contributed by atoms with E-state index in [9.17, 15) is 9.59 Å². The van der Waals surface area contributed by atoms with Crippen LogP contribution >= 0.6 is 0 Å². The number of carbonyl (C=O) groups excluding carboxylic acids is 2. The summed E-state index contributed by atoms with van der Waals surface area (Å²) >= 11 is 0. The third-order valence-corrected chi connectivity index (χ3v) is 12.1. The lowest BCUT2D eigenvalue weighted by molar-refractivity contribution is -0.163. The topological polar surface area (TPSA) is 61.8 Å². The summed E-state index contributed by atoms with van der Waals surface area (Å²) in [7, 11) is 0. The Kier molecular flexibility index (Phi) is 55.4. The van der Waals surface area contributed by atoms with Crippen molar-refractivity contribution in [2.45, 2.75) is 271 Å². The molecule has 1 atom stereocenters. The molecule has 0 aliphatic heterocycles. The van der Waals surface area contributed by atoms with Gasteiger partial charge in [-0.05, 0) is 116 Å². The monoisotopic (exact) mass is 945 g/mol. The number of allylic oxidation sites excluding steroid dienone is 16. The van der Waals surface area contributed by atoms with Gasteiger partial charge < -0.3 is 14.2 Å². The molecule has 0 aliphatic carbocycles. The first-order valence-corrected chi connectivity index (χ1v) is 28.8. The number of unbranched alkanes of at least 4 members (excludes halogenated alkanes) is 25. The molecule has 0 radical (unpaired) electrons. The van der Waals surface area contributed by atoms with Gasteiger partial charge in [-0.25, -0.2) is 0 Å². The highest BCUT2D eigenvalue weighted by atomic mass is 16.6. The second-order valence-corrected chi connectivity index (χ2v) is 18.8. The number of esters is 2. The van der Waals surface area contributed by atoms with Crippen LogP contribution in [0.5, 0.6) is 0 Å². The van der Waals surface area contributed by atoms with Gasteiger partial charge in [0.2, 0.25) is 0 Å². The zero-order valence-electron chi connectivity index (χ0n) is 44.8. The van der Waals surface area contributed by atoms with Gasteiger partial charge in [0.15, 0.2) is 6.10 Å². The molecule has 1 unspecified atom stereocenters. The van der Waals surface area contributed by atoms with E-state index >= 15 is 0 Å². The Bertz CT molecular complexity index is 1300. The van der Waals surface area contributed by atoms with Crippen LogP contribution < -0.4 is 0 Å². The van der Waals surface area contributed by atoms with Crippen molar-refractivity contribution >= 4 is 11.9 Å². The average Bonchev–Trinajstić information content (AvgIpc) is 3.34. The van der Waals surface area contributed by atoms with E-state index in [0.29, 0.717) is 19.4 Å². The molecule has 0 spiro atoms. The van der Waals surface area contributed by atoms with Crippen LogP contribution in [-0.4, -0.2) is 37.9 Å². The molecule has 5 nitrogen and oxygen atoms in total. The molecule has 68 heavy (non-hydrogen) atoms. The maximum absolute atomic E-state index is 12.8. The van der Waals surface area contributed by atoms with Gasteiger partial charge in [0.05, 0.1) is 6.61 Å². The molecule has 0 aromatic carbocycles. The summed E-state index contributed by atoms with van der Waals surface area (Å²) in [5, 5.41) is 0. The van der Waals surface area contributed by atoms with Crippen molar-refractivity contribution in [1.82, 2.24) is 0 Å². The van der Waals surface area contributed by atoms with Gasteiger partial charge in [-0.2, -0.15) is 0 Å². The standard InChI is InChI=1S/C63H108O5/c1-4-7-10-13-16-19-22-25-27-29-31-33-35-37-40-43-46-49-52-55-58-66-59-61(68-63(65)57-54-51-48-45-42-38-24-21-18-15-12-9-6-3)60-67-62(64)56-53-50-47-44-41-39-36-34-32-30-28-26-23-20-17-14-11-8-5-2/h8,11-12,15-17,19-21,24-28,32,34,61H,4-7,9-10,13-14,18,22-23,29-31,33,35-60H2,1-3H3/b11-8-,15-12-,19-16-,20-17-,24-21-,27-25-,28-26-,34-32-. The fourth-order valence-corrected chi connectivity index (χ4v) is 7.80. The summed E-state index contributed by atoms with van der Waals surface area (Å²) in [6.45, 7) is 7.60. The Labute approximate surface area is 422 Å². The lowest BCUT2D eigenvalue weighted by Gasteiger charge is -2.18. The fourth-order valence-electron chi connectivity index (χ4n) is 7.80. The van der Waals surface area contributed by atoms with E-state index in [1.807, 2.05) is 0 Å². The zero-order valence-corrected chi connectivity index (χ0v) is 44.8. The number of hydrogen-bond acceptors (Lipinski definition) is 5. The van der Waals surface area contributed by atoms with Crippen molar-refractivity contribution in [3.05, 3.63) is 97.2 Å². The van der Waals surface area contributed by atoms with Crippen molar-refractivity contribution in [1.29, 1.82) is 0 Å². The average molecular weight is 946 g/mol. The number of rotatable bonds is 52. The molecule has 0 saturated heterocycles. The van der Waals surface area contributed by atoms with Crippen LogP contribution in [0.3, 0.4) is 0 Å². The summed E-state index contributed by atoms with van der Waals surface area (Å²) < 4.78 is 17.5. The molecule has 0 amide bonds. The van der Waals surface area contributed by atoms with Crippen LogP contribution in [0.25, 0.3) is 0 Å². The van der Waals surface area contributed by atoms with E-state index in [-0.39, 0.29) is 25.2 Å². The van der Waals surface area contributed by atoms with Crippen molar-refractivity contribution < 1.29 is 23.8 Å². The summed E-state index contributed by atoms with van der Waals surface area (Å²) in [6, 6.07) is 0. The SMILES string of the molecule is CC/C=C\C/C=C\C/C=C\C/C=C\CCCCCCCCC(=O)OCC(COCCCCCCCCCCCC/C=C\C/C=C\CCCCC)OC(=O)CCCCCCC/C=C\C/C=C\CCC. The van der Waals surface area contributed by atoms with E-state index in [1.54, 1.807) is 0 Å². The minimum atomic E-state index is -0.557. The van der Waals surface area contributed by atoms with Crippen molar-refractivity contribution in [2.24, 2.45) is 0 Å². The number of ether oxygens (including phenoxy) is 3. The quantitative estimate of drug-likeness (QED) is 0.0345. The molecule has 0 saturated carbocycles. The molecule has 390 valence electrons. The molecular weight excluding hydrogens is 837 g/mol. The van der Waals surface area contributed by atoms with Gasteiger partial charge in [0, 0.05) is 19.4 Å². The Hall–Kier alpha value is -3.18. The van der Waals surface area contributed by atoms with Crippen LogP contribution in [0.1, 0.15) is 265 Å². The summed E-state index contributed by atoms with van der Waals surface area (Å²) in [5.41, 5.74) is 0. The normalized spacial score (nSPS) is 12.9. The molecule has 0 aromatic rings. The first-order valence-electron chi connectivity index (χ1n) is 28.8. The highest BCUT2D eigenvalue weighted by Gasteiger charge is 2.17. The van der Waals surface area contributed by atoms with Crippen LogP contribution in [0.4, 0.5) is 0 Å². The van der Waals surface area contributed by atoms with Gasteiger partial charge in [-0.15, -0.1) is 0 Å². The lowest BCUT2D eigenvalue weighted by atomic mass is 10.1. The van der Waals surface area contributed by atoms with Crippen LogP contribution in [-0.2, 0) is 23.8 Å². The van der Waals surface area contributed by atoms with E-state index in [0.717, 1.165) is 109 Å². The highest BCUT2D eigenvalue weighted by Crippen LogP contribution is 2.14. The molecule has 0 aromatic heterocycles. The van der Waals surface area contributed by atoms with E-state index in [4.69, 9.17) is 14.2 Å². The van der Waals surface area contributed by atoms with Gasteiger partial charge in [-0.3, -0.25) is 9.59 Å². The third-order valence-electron chi connectivity index (χ3n) is 12.1. The maximum atomic E-state index is 12.8. The molecular formula is C63H108O5. The second kappa shape index (κ2) is 58.1. The van der Waals surface area contributed by atoms with Gasteiger partial charge >= 0.3 is 11.9 Å². The molecule has 0 heterocycles. The third kappa shape index (κ3) is 55.4. The largest absolute Gasteiger partial charge is 0.462 e. The first-order chi connectivity index (χ1) is 33.6. The Morgan fingerprint density at radius 3 is 1.12 bits per heavy atom.